The summed E-state index contributed by atoms with van der Waals surface area (Å²) in [4.78, 5) is 10.0. The molecule has 0 aliphatic heterocycles. The number of carbonyl (C=O) groups is 1. The van der Waals surface area contributed by atoms with Gasteiger partial charge in [0.05, 0.1) is 0 Å². The molecule has 0 saturated carbocycles. The lowest BCUT2D eigenvalue weighted by Gasteiger charge is -2.08. The molecule has 0 rings (SSSR count). The lowest BCUT2D eigenvalue weighted by atomic mass is 10.7. The van der Waals surface area contributed by atoms with Gasteiger partial charge in [0.2, 0.25) is 6.29 Å². The minimum atomic E-state index is -0.667. The predicted molar refractivity (Wildman–Crippen MR) is 36.7 cm³/mol. The van der Waals surface area contributed by atoms with Gasteiger partial charge in [-0.3, -0.25) is 4.79 Å². The molecule has 0 fully saturated rings. The summed E-state index contributed by atoms with van der Waals surface area (Å²) in [6.45, 7) is 4.64. The van der Waals surface area contributed by atoms with E-state index in [1.54, 1.807) is 0 Å². The fourth-order valence-electron chi connectivity index (χ4n) is 0.455. The predicted octanol–water partition coefficient (Wildman–Crippen LogP) is -0.240. The first-order chi connectivity index (χ1) is 4.35. The highest BCUT2D eigenvalue weighted by Gasteiger charge is 2.02. The van der Waals surface area contributed by atoms with Crippen molar-refractivity contribution in [3.05, 3.63) is 0 Å². The standard InChI is InChI=1S/C6H12O3.H2O/c1-3-8-6(5-7)9-4-2;/h5-6H,3-4H2,1-2H3;1H2. The molecule has 0 aromatic rings. The average Bonchev–Trinajstić information content (AvgIpc) is 1.88. The number of hydrogen-bond donors (Lipinski definition) is 0. The van der Waals surface area contributed by atoms with E-state index in [9.17, 15) is 4.79 Å². The third-order valence-electron chi connectivity index (χ3n) is 0.773. The third-order valence-corrected chi connectivity index (χ3v) is 0.773. The summed E-state index contributed by atoms with van der Waals surface area (Å²) in [5, 5.41) is 0. The molecule has 0 bridgehead atoms. The van der Waals surface area contributed by atoms with E-state index in [4.69, 9.17) is 9.47 Å². The van der Waals surface area contributed by atoms with E-state index < -0.39 is 6.29 Å². The largest absolute Gasteiger partial charge is 0.412 e. The number of carbonyl (C=O) groups excluding carboxylic acids is 1. The highest BCUT2D eigenvalue weighted by Crippen LogP contribution is 1.88. The van der Waals surface area contributed by atoms with Crippen LogP contribution in [0.4, 0.5) is 0 Å². The molecule has 0 aromatic heterocycles. The fourth-order valence-corrected chi connectivity index (χ4v) is 0.455. The highest BCUT2D eigenvalue weighted by molar-refractivity contribution is 5.53. The molecule has 0 saturated heterocycles. The van der Waals surface area contributed by atoms with Gasteiger partial charge in [-0.25, -0.2) is 0 Å². The molecule has 0 radical (unpaired) electrons. The summed E-state index contributed by atoms with van der Waals surface area (Å²) in [5.74, 6) is 0. The molecule has 0 spiro atoms. The van der Waals surface area contributed by atoms with Crippen LogP contribution in [0, 0.1) is 0 Å². The van der Waals surface area contributed by atoms with Gasteiger partial charge in [-0.2, -0.15) is 0 Å². The van der Waals surface area contributed by atoms with E-state index >= 15 is 0 Å². The molecule has 4 nitrogen and oxygen atoms in total. The number of rotatable bonds is 5. The van der Waals surface area contributed by atoms with Gasteiger partial charge in [0, 0.05) is 13.2 Å². The SMILES string of the molecule is CCOC(C=O)OCC.O. The second-order valence-electron chi connectivity index (χ2n) is 1.42. The van der Waals surface area contributed by atoms with Crippen LogP contribution in [-0.2, 0) is 14.3 Å². The minimum Gasteiger partial charge on any atom is -0.412 e. The first kappa shape index (κ1) is 12.2. The van der Waals surface area contributed by atoms with Crippen LogP contribution in [0.5, 0.6) is 0 Å². The van der Waals surface area contributed by atoms with Gasteiger partial charge in [0.1, 0.15) is 0 Å². The van der Waals surface area contributed by atoms with Crippen molar-refractivity contribution in [2.45, 2.75) is 20.1 Å². The molecule has 0 atom stereocenters. The van der Waals surface area contributed by atoms with Gasteiger partial charge < -0.3 is 14.9 Å². The quantitative estimate of drug-likeness (QED) is 0.401. The van der Waals surface area contributed by atoms with Gasteiger partial charge >= 0.3 is 0 Å². The van der Waals surface area contributed by atoms with Crippen molar-refractivity contribution in [3.8, 4) is 0 Å². The molecule has 62 valence electrons. The van der Waals surface area contributed by atoms with Crippen LogP contribution in [-0.4, -0.2) is 31.3 Å². The zero-order valence-corrected chi connectivity index (χ0v) is 6.29. The third kappa shape index (κ3) is 5.68. The molecule has 0 aliphatic rings. The Morgan fingerprint density at radius 3 is 1.90 bits per heavy atom. The first-order valence-corrected chi connectivity index (χ1v) is 3.03. The second-order valence-corrected chi connectivity index (χ2v) is 1.42. The Morgan fingerprint density at radius 1 is 1.30 bits per heavy atom. The molecular formula is C6H14O4. The normalized spacial score (nSPS) is 9.10. The van der Waals surface area contributed by atoms with Crippen LogP contribution in [0.1, 0.15) is 13.8 Å². The number of aldehydes is 1. The van der Waals surface area contributed by atoms with Crippen LogP contribution in [0.25, 0.3) is 0 Å². The molecular weight excluding hydrogens is 136 g/mol. The molecule has 4 heteroatoms. The number of hydrogen-bond acceptors (Lipinski definition) is 3. The Morgan fingerprint density at radius 2 is 1.70 bits per heavy atom. The van der Waals surface area contributed by atoms with Gasteiger partial charge in [0.15, 0.2) is 6.29 Å². The van der Waals surface area contributed by atoms with Gasteiger partial charge in [-0.05, 0) is 13.8 Å². The van der Waals surface area contributed by atoms with Crippen LogP contribution < -0.4 is 0 Å². The Hall–Kier alpha value is -0.450. The topological polar surface area (TPSA) is 67.0 Å². The summed E-state index contributed by atoms with van der Waals surface area (Å²) in [6.07, 6.45) is -0.0208. The van der Waals surface area contributed by atoms with Crippen LogP contribution in [0.2, 0.25) is 0 Å². The number of ether oxygens (including phenoxy) is 2. The lowest BCUT2D eigenvalue weighted by Crippen LogP contribution is -2.18. The van der Waals surface area contributed by atoms with E-state index in [-0.39, 0.29) is 5.48 Å². The maximum absolute atomic E-state index is 10.0. The molecule has 10 heavy (non-hydrogen) atoms. The van der Waals surface area contributed by atoms with Crippen molar-refractivity contribution in [1.82, 2.24) is 0 Å². The fraction of sp³-hybridized carbons (Fsp3) is 0.833. The molecule has 2 N–H and O–H groups in total. The van der Waals surface area contributed by atoms with E-state index in [2.05, 4.69) is 0 Å². The highest BCUT2D eigenvalue weighted by atomic mass is 16.7. The Bertz CT molecular complexity index is 68.1. The van der Waals surface area contributed by atoms with Crippen molar-refractivity contribution in [3.63, 3.8) is 0 Å². The zero-order valence-electron chi connectivity index (χ0n) is 6.29. The van der Waals surface area contributed by atoms with Crippen molar-refractivity contribution < 1.29 is 19.7 Å². The van der Waals surface area contributed by atoms with Crippen molar-refractivity contribution in [2.24, 2.45) is 0 Å². The van der Waals surface area contributed by atoms with Gasteiger partial charge in [-0.1, -0.05) is 0 Å². The summed E-state index contributed by atoms with van der Waals surface area (Å²) in [7, 11) is 0. The maximum atomic E-state index is 10.0. The van der Waals surface area contributed by atoms with E-state index in [1.165, 1.54) is 0 Å². The first-order valence-electron chi connectivity index (χ1n) is 3.03. The van der Waals surface area contributed by atoms with Crippen molar-refractivity contribution in [2.75, 3.05) is 13.2 Å². The smallest absolute Gasteiger partial charge is 0.214 e. The van der Waals surface area contributed by atoms with Crippen molar-refractivity contribution in [1.29, 1.82) is 0 Å². The summed E-state index contributed by atoms with van der Waals surface area (Å²) >= 11 is 0. The Balaban J connectivity index is 0. The molecule has 0 aliphatic carbocycles. The average molecular weight is 150 g/mol. The molecule has 0 unspecified atom stereocenters. The zero-order chi connectivity index (χ0) is 7.11. The van der Waals surface area contributed by atoms with Gasteiger partial charge in [-0.15, -0.1) is 0 Å². The van der Waals surface area contributed by atoms with E-state index in [0.717, 1.165) is 0 Å². The molecule has 0 amide bonds. The Kier molecular flexibility index (Phi) is 10.5. The summed E-state index contributed by atoms with van der Waals surface area (Å²) < 4.78 is 9.68. The van der Waals surface area contributed by atoms with Crippen LogP contribution >= 0.6 is 0 Å². The van der Waals surface area contributed by atoms with Crippen LogP contribution in [0.15, 0.2) is 0 Å². The molecule has 0 heterocycles. The van der Waals surface area contributed by atoms with Crippen molar-refractivity contribution >= 4 is 6.29 Å². The van der Waals surface area contributed by atoms with E-state index in [1.807, 2.05) is 13.8 Å². The summed E-state index contributed by atoms with van der Waals surface area (Å²) in [6, 6.07) is 0. The maximum Gasteiger partial charge on any atom is 0.214 e. The van der Waals surface area contributed by atoms with E-state index in [0.29, 0.717) is 19.5 Å². The molecule has 0 aromatic carbocycles. The summed E-state index contributed by atoms with van der Waals surface area (Å²) in [5.41, 5.74) is 0. The lowest BCUT2D eigenvalue weighted by molar-refractivity contribution is -0.155. The van der Waals surface area contributed by atoms with Crippen LogP contribution in [0.3, 0.4) is 0 Å². The second kappa shape index (κ2) is 8.55. The van der Waals surface area contributed by atoms with Gasteiger partial charge in [0.25, 0.3) is 0 Å². The minimum absolute atomic E-state index is 0. The Labute approximate surface area is 60.4 Å². The monoisotopic (exact) mass is 150 g/mol.